The van der Waals surface area contributed by atoms with Gasteiger partial charge >= 0.3 is 0 Å². The van der Waals surface area contributed by atoms with E-state index in [-0.39, 0.29) is 17.5 Å². The van der Waals surface area contributed by atoms with Gasteiger partial charge in [0.25, 0.3) is 0 Å². The lowest BCUT2D eigenvalue weighted by atomic mass is 10.2. The van der Waals surface area contributed by atoms with Gasteiger partial charge in [-0.2, -0.15) is 0 Å². The third-order valence-electron chi connectivity index (χ3n) is 4.67. The highest BCUT2D eigenvalue weighted by molar-refractivity contribution is 8.14. The number of carbonyl (C=O) groups is 1. The number of aliphatic imine (C=N–C) groups is 2. The van der Waals surface area contributed by atoms with Crippen LogP contribution in [0.2, 0.25) is 0 Å². The number of ether oxygens (including phenoxy) is 1. The van der Waals surface area contributed by atoms with Crippen molar-refractivity contribution in [2.45, 2.75) is 0 Å². The van der Waals surface area contributed by atoms with Gasteiger partial charge in [-0.1, -0.05) is 42.1 Å². The quantitative estimate of drug-likeness (QED) is 0.589. The summed E-state index contributed by atoms with van der Waals surface area (Å²) in [5, 5.41) is 3.44. The Bertz CT molecular complexity index is 1130. The molecule has 0 saturated heterocycles. The normalized spacial score (nSPS) is 13.2. The van der Waals surface area contributed by atoms with Gasteiger partial charge in [-0.3, -0.25) is 4.79 Å². The molecule has 0 unspecified atom stereocenters. The number of hydrogen-bond donors (Lipinski definition) is 1. The van der Waals surface area contributed by atoms with Crippen molar-refractivity contribution in [3.63, 3.8) is 0 Å². The number of anilines is 2. The van der Waals surface area contributed by atoms with Gasteiger partial charge in [-0.25, -0.2) is 14.4 Å². The number of nitrogens with one attached hydrogen (secondary N) is 1. The van der Waals surface area contributed by atoms with E-state index in [2.05, 4.69) is 10.3 Å². The second kappa shape index (κ2) is 10.1. The number of amidine groups is 2. The van der Waals surface area contributed by atoms with Crippen LogP contribution < -0.4 is 15.0 Å². The average Bonchev–Trinajstić information content (AvgIpc) is 2.84. The number of amides is 1. The van der Waals surface area contributed by atoms with Crippen LogP contribution in [0, 0.1) is 5.82 Å². The van der Waals surface area contributed by atoms with E-state index in [0.717, 1.165) is 17.0 Å². The molecule has 3 aromatic rings. The lowest BCUT2D eigenvalue weighted by Gasteiger charge is -2.27. The molecule has 1 aliphatic heterocycles. The smallest absolute Gasteiger partial charge is 0.234 e. The summed E-state index contributed by atoms with van der Waals surface area (Å²) in [7, 11) is 1.62. The average molecular weight is 449 g/mol. The van der Waals surface area contributed by atoms with Crippen molar-refractivity contribution in [1.29, 1.82) is 0 Å². The maximum atomic E-state index is 13.1. The molecule has 1 N–H and O–H groups in total. The Morgan fingerprint density at radius 1 is 1.06 bits per heavy atom. The second-order valence-corrected chi connectivity index (χ2v) is 7.80. The van der Waals surface area contributed by atoms with E-state index in [1.165, 1.54) is 36.0 Å². The summed E-state index contributed by atoms with van der Waals surface area (Å²) in [6.07, 6.45) is 0. The Labute approximate surface area is 189 Å². The SMILES string of the molecule is COc1ccc(N2CN=C(c3ccccc3)N=C2SCC(=O)Nc2ccc(F)cc2)cc1. The third-order valence-corrected chi connectivity index (χ3v) is 5.65. The first kappa shape index (κ1) is 21.6. The topological polar surface area (TPSA) is 66.3 Å². The summed E-state index contributed by atoms with van der Waals surface area (Å²) in [6, 6.07) is 23.0. The van der Waals surface area contributed by atoms with Gasteiger partial charge < -0.3 is 15.0 Å². The summed E-state index contributed by atoms with van der Waals surface area (Å²) >= 11 is 1.32. The summed E-state index contributed by atoms with van der Waals surface area (Å²) in [5.74, 6) is 0.964. The molecule has 0 atom stereocenters. The Hall–Kier alpha value is -3.65. The Kier molecular flexibility index (Phi) is 6.81. The van der Waals surface area contributed by atoms with Crippen LogP contribution in [0.15, 0.2) is 88.8 Å². The van der Waals surface area contributed by atoms with Gasteiger partial charge in [0.15, 0.2) is 11.0 Å². The van der Waals surface area contributed by atoms with Crippen molar-refractivity contribution in [1.82, 2.24) is 0 Å². The van der Waals surface area contributed by atoms with Crippen molar-refractivity contribution >= 4 is 40.0 Å². The van der Waals surface area contributed by atoms with Gasteiger partial charge in [0, 0.05) is 16.9 Å². The van der Waals surface area contributed by atoms with Crippen LogP contribution in [-0.2, 0) is 4.79 Å². The van der Waals surface area contributed by atoms with Crippen LogP contribution >= 0.6 is 11.8 Å². The number of benzene rings is 3. The van der Waals surface area contributed by atoms with E-state index in [1.54, 1.807) is 7.11 Å². The highest BCUT2D eigenvalue weighted by Gasteiger charge is 2.21. The number of nitrogens with zero attached hydrogens (tertiary/aromatic N) is 3. The molecule has 0 aromatic heterocycles. The molecule has 0 spiro atoms. The number of halogens is 1. The van der Waals surface area contributed by atoms with Gasteiger partial charge in [0.1, 0.15) is 18.2 Å². The van der Waals surface area contributed by atoms with Crippen LogP contribution in [0.3, 0.4) is 0 Å². The van der Waals surface area contributed by atoms with Crippen LogP contribution in [0.4, 0.5) is 15.8 Å². The van der Waals surface area contributed by atoms with E-state index in [1.807, 2.05) is 59.5 Å². The summed E-state index contributed by atoms with van der Waals surface area (Å²) < 4.78 is 18.3. The molecule has 0 bridgehead atoms. The second-order valence-electron chi connectivity index (χ2n) is 6.85. The van der Waals surface area contributed by atoms with Crippen molar-refractivity contribution in [2.75, 3.05) is 29.7 Å². The zero-order valence-electron chi connectivity index (χ0n) is 17.4. The van der Waals surface area contributed by atoms with Gasteiger partial charge in [-0.05, 0) is 48.5 Å². The highest BCUT2D eigenvalue weighted by atomic mass is 32.2. The Morgan fingerprint density at radius 2 is 1.78 bits per heavy atom. The summed E-state index contributed by atoms with van der Waals surface area (Å²) in [6.45, 7) is 0.377. The fraction of sp³-hybridized carbons (Fsp3) is 0.125. The largest absolute Gasteiger partial charge is 0.497 e. The van der Waals surface area contributed by atoms with Crippen molar-refractivity contribution in [3.8, 4) is 5.75 Å². The van der Waals surface area contributed by atoms with E-state index in [9.17, 15) is 9.18 Å². The number of hydrogen-bond acceptors (Lipinski definition) is 6. The fourth-order valence-corrected chi connectivity index (χ4v) is 3.85. The van der Waals surface area contributed by atoms with Crippen LogP contribution in [-0.4, -0.2) is 36.4 Å². The van der Waals surface area contributed by atoms with Crippen LogP contribution in [0.1, 0.15) is 5.56 Å². The molecule has 0 aliphatic carbocycles. The lowest BCUT2D eigenvalue weighted by molar-refractivity contribution is -0.113. The Morgan fingerprint density at radius 3 is 2.47 bits per heavy atom. The van der Waals surface area contributed by atoms with E-state index in [0.29, 0.717) is 23.4 Å². The first-order valence-electron chi connectivity index (χ1n) is 9.91. The molecule has 6 nitrogen and oxygen atoms in total. The molecule has 162 valence electrons. The zero-order chi connectivity index (χ0) is 22.3. The number of methoxy groups -OCH3 is 1. The Balaban J connectivity index is 1.52. The monoisotopic (exact) mass is 448 g/mol. The lowest BCUT2D eigenvalue weighted by Crippen LogP contribution is -2.34. The highest BCUT2D eigenvalue weighted by Crippen LogP contribution is 2.25. The maximum Gasteiger partial charge on any atom is 0.234 e. The molecule has 32 heavy (non-hydrogen) atoms. The first-order chi connectivity index (χ1) is 15.6. The number of carbonyl (C=O) groups excluding carboxylic acids is 1. The molecular weight excluding hydrogens is 427 g/mol. The molecule has 0 radical (unpaired) electrons. The molecular formula is C24H21FN4O2S. The molecule has 8 heteroatoms. The summed E-state index contributed by atoms with van der Waals surface area (Å²) in [5.41, 5.74) is 2.35. The minimum absolute atomic E-state index is 0.144. The van der Waals surface area contributed by atoms with Crippen LogP contribution in [0.5, 0.6) is 5.75 Å². The zero-order valence-corrected chi connectivity index (χ0v) is 18.2. The van der Waals surface area contributed by atoms with E-state index >= 15 is 0 Å². The van der Waals surface area contributed by atoms with E-state index in [4.69, 9.17) is 9.73 Å². The maximum absolute atomic E-state index is 13.1. The van der Waals surface area contributed by atoms with Gasteiger partial charge in [0.2, 0.25) is 5.91 Å². The molecule has 4 rings (SSSR count). The minimum atomic E-state index is -0.350. The van der Waals surface area contributed by atoms with Crippen molar-refractivity contribution < 1.29 is 13.9 Å². The number of thioether (sulfide) groups is 1. The first-order valence-corrected chi connectivity index (χ1v) is 10.9. The minimum Gasteiger partial charge on any atom is -0.497 e. The predicted molar refractivity (Wildman–Crippen MR) is 128 cm³/mol. The predicted octanol–water partition coefficient (Wildman–Crippen LogP) is 4.79. The summed E-state index contributed by atoms with van der Waals surface area (Å²) in [4.78, 5) is 23.8. The molecule has 0 saturated carbocycles. The molecule has 1 aliphatic rings. The third kappa shape index (κ3) is 5.33. The number of rotatable bonds is 6. The van der Waals surface area contributed by atoms with Crippen molar-refractivity contribution in [2.24, 2.45) is 9.98 Å². The fourth-order valence-electron chi connectivity index (χ4n) is 3.05. The molecule has 0 fully saturated rings. The molecule has 3 aromatic carbocycles. The molecule has 1 heterocycles. The van der Waals surface area contributed by atoms with Gasteiger partial charge in [0.05, 0.1) is 12.9 Å². The van der Waals surface area contributed by atoms with Gasteiger partial charge in [-0.15, -0.1) is 0 Å². The van der Waals surface area contributed by atoms with E-state index < -0.39 is 0 Å². The molecule has 1 amide bonds. The standard InChI is InChI=1S/C24H21FN4O2S/c1-31-21-13-11-20(12-14-21)29-16-26-23(17-5-3-2-4-6-17)28-24(29)32-15-22(30)27-19-9-7-18(25)8-10-19/h2-14H,15-16H2,1H3,(H,27,30). The van der Waals surface area contributed by atoms with Crippen LogP contribution in [0.25, 0.3) is 0 Å². The van der Waals surface area contributed by atoms with Crippen molar-refractivity contribution in [3.05, 3.63) is 90.2 Å².